The summed E-state index contributed by atoms with van der Waals surface area (Å²) in [5.74, 6) is 0.510. The van der Waals surface area contributed by atoms with Gasteiger partial charge in [0.15, 0.2) is 5.84 Å². The predicted octanol–water partition coefficient (Wildman–Crippen LogP) is 3.93. The van der Waals surface area contributed by atoms with E-state index in [1.165, 1.54) is 0 Å². The van der Waals surface area contributed by atoms with Gasteiger partial charge in [-0.05, 0) is 30.3 Å². The van der Waals surface area contributed by atoms with Gasteiger partial charge in [-0.15, -0.1) is 0 Å². The van der Waals surface area contributed by atoms with E-state index in [1.54, 1.807) is 18.0 Å². The lowest BCUT2D eigenvalue weighted by molar-refractivity contribution is 0.106. The number of amidine groups is 1. The molecule has 0 saturated carbocycles. The number of fused-ring (bicyclic) bond motifs is 2. The van der Waals surface area contributed by atoms with Crippen LogP contribution in [0.3, 0.4) is 0 Å². The number of Topliss-reactive ketones (excluding diaryl/α,β-unsaturated/α-hetero) is 1. The summed E-state index contributed by atoms with van der Waals surface area (Å²) in [6.45, 7) is 0. The third-order valence-corrected chi connectivity index (χ3v) is 5.27. The molecule has 1 aromatic carbocycles. The van der Waals surface area contributed by atoms with Crippen LogP contribution in [0.4, 0.5) is 0 Å². The maximum Gasteiger partial charge on any atom is 0.227 e. The molecule has 0 bridgehead atoms. The fraction of sp³-hybridized carbons (Fsp3) is 0.0526. The quantitative estimate of drug-likeness (QED) is 0.732. The molecule has 0 radical (unpaired) electrons. The molecule has 25 heavy (non-hydrogen) atoms. The molecular weight excluding hydrogens is 332 g/mol. The summed E-state index contributed by atoms with van der Waals surface area (Å²) in [6.07, 6.45) is 3.58. The number of aliphatic imine (C=N–C) groups is 2. The van der Waals surface area contributed by atoms with Crippen molar-refractivity contribution in [2.24, 2.45) is 9.98 Å². The molecule has 0 amide bonds. The summed E-state index contributed by atoms with van der Waals surface area (Å²) in [5, 5.41) is 0.926. The number of hydrogen-bond donors (Lipinski definition) is 1. The van der Waals surface area contributed by atoms with Gasteiger partial charge in [0.2, 0.25) is 5.78 Å². The number of carbonyl (C=O) groups excluding carboxylic acids is 1. The van der Waals surface area contributed by atoms with Gasteiger partial charge in [-0.3, -0.25) is 9.78 Å². The molecule has 0 saturated heterocycles. The Morgan fingerprint density at radius 3 is 2.80 bits per heavy atom. The minimum atomic E-state index is -0.115. The Bertz CT molecular complexity index is 1060. The van der Waals surface area contributed by atoms with E-state index in [9.17, 15) is 4.79 Å². The first-order valence-electron chi connectivity index (χ1n) is 7.86. The molecule has 5 nitrogen and oxygen atoms in total. The molecule has 6 heteroatoms. The van der Waals surface area contributed by atoms with Gasteiger partial charge in [-0.25, -0.2) is 9.98 Å². The van der Waals surface area contributed by atoms with Crippen molar-refractivity contribution in [3.05, 3.63) is 77.1 Å². The van der Waals surface area contributed by atoms with E-state index in [4.69, 9.17) is 0 Å². The van der Waals surface area contributed by atoms with Crippen molar-refractivity contribution in [2.45, 2.75) is 5.37 Å². The largest absolute Gasteiger partial charge is 0.352 e. The van der Waals surface area contributed by atoms with Gasteiger partial charge in [0, 0.05) is 17.1 Å². The van der Waals surface area contributed by atoms with E-state index in [0.29, 0.717) is 17.2 Å². The Kier molecular flexibility index (Phi) is 3.18. The van der Waals surface area contributed by atoms with E-state index < -0.39 is 0 Å². The first-order chi connectivity index (χ1) is 12.3. The number of benzene rings is 1. The zero-order chi connectivity index (χ0) is 16.8. The van der Waals surface area contributed by atoms with Gasteiger partial charge in [0.25, 0.3) is 0 Å². The zero-order valence-electron chi connectivity index (χ0n) is 13.0. The van der Waals surface area contributed by atoms with E-state index in [-0.39, 0.29) is 11.2 Å². The number of hydrogen-bond acceptors (Lipinski definition) is 5. The number of allylic oxidation sites excluding steroid dienone is 1. The molecule has 120 valence electrons. The first kappa shape index (κ1) is 14.4. The maximum absolute atomic E-state index is 12.7. The fourth-order valence-corrected chi connectivity index (χ4v) is 3.96. The maximum atomic E-state index is 12.7. The highest BCUT2D eigenvalue weighted by Crippen LogP contribution is 2.43. The molecule has 2 aliphatic heterocycles. The highest BCUT2D eigenvalue weighted by molar-refractivity contribution is 8.04. The number of rotatable bonds is 3. The lowest BCUT2D eigenvalue weighted by Gasteiger charge is -2.04. The average Bonchev–Trinajstić information content (AvgIpc) is 3.34. The van der Waals surface area contributed by atoms with E-state index in [1.807, 2.05) is 54.6 Å². The van der Waals surface area contributed by atoms with Gasteiger partial charge in [-0.1, -0.05) is 36.0 Å². The van der Waals surface area contributed by atoms with Gasteiger partial charge >= 0.3 is 0 Å². The number of para-hydroxylation sites is 1. The third kappa shape index (κ3) is 2.42. The fourth-order valence-electron chi connectivity index (χ4n) is 2.93. The van der Waals surface area contributed by atoms with Crippen LogP contribution in [0.1, 0.15) is 21.6 Å². The molecule has 1 atom stereocenters. The zero-order valence-corrected chi connectivity index (χ0v) is 13.8. The Hall–Kier alpha value is -2.99. The average molecular weight is 344 g/mol. The third-order valence-electron chi connectivity index (χ3n) is 4.14. The van der Waals surface area contributed by atoms with Crippen LogP contribution in [0.2, 0.25) is 0 Å². The molecule has 2 aromatic heterocycles. The minimum absolute atomic E-state index is 0.0871. The Morgan fingerprint density at radius 2 is 2.00 bits per heavy atom. The number of aromatic nitrogens is 2. The molecule has 0 aliphatic carbocycles. The van der Waals surface area contributed by atoms with Crippen molar-refractivity contribution in [1.29, 1.82) is 0 Å². The predicted molar refractivity (Wildman–Crippen MR) is 100 cm³/mol. The van der Waals surface area contributed by atoms with Gasteiger partial charge in [-0.2, -0.15) is 0 Å². The van der Waals surface area contributed by atoms with Crippen molar-refractivity contribution in [3.8, 4) is 0 Å². The molecule has 1 N–H and O–H groups in total. The second-order valence-electron chi connectivity index (χ2n) is 5.78. The van der Waals surface area contributed by atoms with Gasteiger partial charge in [0.05, 0.1) is 16.3 Å². The van der Waals surface area contributed by atoms with Crippen molar-refractivity contribution < 1.29 is 4.79 Å². The number of aromatic amines is 1. The number of nitrogens with zero attached hydrogens (tertiary/aromatic N) is 3. The summed E-state index contributed by atoms with van der Waals surface area (Å²) >= 11 is 1.57. The number of thioether (sulfide) groups is 1. The Labute approximate surface area is 147 Å². The highest BCUT2D eigenvalue weighted by atomic mass is 32.2. The van der Waals surface area contributed by atoms with E-state index in [2.05, 4.69) is 20.0 Å². The Morgan fingerprint density at radius 1 is 1.12 bits per heavy atom. The standard InChI is InChI=1S/C19H12N4OS/c24-17(14-9-11-5-1-2-6-12(11)21-14)15-10-16-18(22-15)23-19(25-16)13-7-3-4-8-20-13/h1-10,19,21H. The van der Waals surface area contributed by atoms with Crippen LogP contribution in [0.5, 0.6) is 0 Å². The van der Waals surface area contributed by atoms with Crippen LogP contribution < -0.4 is 0 Å². The lowest BCUT2D eigenvalue weighted by atomic mass is 10.2. The highest BCUT2D eigenvalue weighted by Gasteiger charge is 2.31. The molecule has 4 heterocycles. The van der Waals surface area contributed by atoms with E-state index in [0.717, 1.165) is 21.5 Å². The topological polar surface area (TPSA) is 70.5 Å². The number of H-pyrrole nitrogens is 1. The SMILES string of the molecule is O=C(C1=NC2=NC(c3ccccn3)SC2=C1)c1cc2ccccc2[nH]1. The van der Waals surface area contributed by atoms with Crippen LogP contribution >= 0.6 is 11.8 Å². The second kappa shape index (κ2) is 5.53. The van der Waals surface area contributed by atoms with Gasteiger partial charge < -0.3 is 4.98 Å². The molecule has 0 fully saturated rings. The smallest absolute Gasteiger partial charge is 0.227 e. The molecule has 5 rings (SSSR count). The lowest BCUT2D eigenvalue weighted by Crippen LogP contribution is -2.11. The van der Waals surface area contributed by atoms with E-state index >= 15 is 0 Å². The van der Waals surface area contributed by atoms with Crippen LogP contribution in [0.25, 0.3) is 10.9 Å². The van der Waals surface area contributed by atoms with Crippen LogP contribution in [0.15, 0.2) is 75.7 Å². The Balaban J connectivity index is 1.44. The van der Waals surface area contributed by atoms with Crippen molar-refractivity contribution in [3.63, 3.8) is 0 Å². The molecule has 0 spiro atoms. The summed E-state index contributed by atoms with van der Waals surface area (Å²) < 4.78 is 0. The van der Waals surface area contributed by atoms with Crippen LogP contribution in [0, 0.1) is 0 Å². The summed E-state index contributed by atoms with van der Waals surface area (Å²) in [6, 6.07) is 15.5. The number of nitrogens with one attached hydrogen (secondary N) is 1. The number of carbonyl (C=O) groups is 1. The monoisotopic (exact) mass is 344 g/mol. The molecule has 2 aliphatic rings. The van der Waals surface area contributed by atoms with Crippen molar-refractivity contribution in [1.82, 2.24) is 9.97 Å². The van der Waals surface area contributed by atoms with Crippen molar-refractivity contribution >= 4 is 40.0 Å². The molecule has 1 unspecified atom stereocenters. The van der Waals surface area contributed by atoms with Crippen LogP contribution in [-0.4, -0.2) is 27.3 Å². The molecule has 3 aromatic rings. The van der Waals surface area contributed by atoms with Crippen LogP contribution in [-0.2, 0) is 0 Å². The summed E-state index contributed by atoms with van der Waals surface area (Å²) in [4.78, 5) is 30.2. The normalized spacial score (nSPS) is 18.7. The second-order valence-corrected chi connectivity index (χ2v) is 6.90. The number of pyridine rings is 1. The van der Waals surface area contributed by atoms with Gasteiger partial charge in [0.1, 0.15) is 11.1 Å². The first-order valence-corrected chi connectivity index (χ1v) is 8.74. The summed E-state index contributed by atoms with van der Waals surface area (Å²) in [7, 11) is 0. The summed E-state index contributed by atoms with van der Waals surface area (Å²) in [5.41, 5.74) is 2.81. The minimum Gasteiger partial charge on any atom is -0.352 e. The molecular formula is C19H12N4OS. The number of ketones is 1. The van der Waals surface area contributed by atoms with Crippen molar-refractivity contribution in [2.75, 3.05) is 0 Å².